The second-order valence-electron chi connectivity index (χ2n) is 20.0. The van der Waals surface area contributed by atoms with Gasteiger partial charge >= 0.3 is 0 Å². The number of aryl methyl sites for hydroxylation is 2. The highest BCUT2D eigenvalue weighted by Crippen LogP contribution is 2.58. The molecule has 2 nitrogen and oxygen atoms in total. The molecular weight excluding hydrogens is 787 g/mol. The first-order valence-electron chi connectivity index (χ1n) is 23.7. The van der Waals surface area contributed by atoms with Crippen LogP contribution in [0.3, 0.4) is 0 Å². The first kappa shape index (κ1) is 42.3. The highest BCUT2D eigenvalue weighted by molar-refractivity contribution is 5.91. The Hall–Kier alpha value is -6.64. The lowest BCUT2D eigenvalue weighted by Gasteiger charge is -2.35. The molecule has 65 heavy (non-hydrogen) atoms. The summed E-state index contributed by atoms with van der Waals surface area (Å²) in [7, 11) is 0. The second-order valence-corrected chi connectivity index (χ2v) is 20.0. The normalized spacial score (nSPS) is 15.9. The summed E-state index contributed by atoms with van der Waals surface area (Å²) in [6.07, 6.45) is 1.20. The number of anilines is 3. The molecule has 2 aliphatic rings. The van der Waals surface area contributed by atoms with Gasteiger partial charge < -0.3 is 9.64 Å². The van der Waals surface area contributed by atoms with E-state index >= 15 is 0 Å². The molecule has 0 fully saturated rings. The minimum Gasteiger partial charge on any atom is -0.489 e. The summed E-state index contributed by atoms with van der Waals surface area (Å²) in [6, 6.07) is 68.3. The van der Waals surface area contributed by atoms with Crippen molar-refractivity contribution in [2.75, 3.05) is 4.90 Å². The number of para-hydroxylation sites is 1. The fraction of sp³-hybridized carbons (Fsp3) is 0.238. The molecular formula is C63H61NO. The minimum atomic E-state index is -0.583. The molecule has 0 N–H and O–H groups in total. The Morgan fingerprint density at radius 2 is 1.03 bits per heavy atom. The Balaban J connectivity index is 1.08. The fourth-order valence-electron chi connectivity index (χ4n) is 11.4. The molecule has 0 heterocycles. The molecule has 0 aromatic heterocycles. The van der Waals surface area contributed by atoms with Gasteiger partial charge in [-0.15, -0.1) is 0 Å². The number of fused-ring (bicyclic) bond motifs is 6. The maximum atomic E-state index is 6.55. The largest absolute Gasteiger partial charge is 0.489 e. The number of rotatable bonds is 12. The Morgan fingerprint density at radius 1 is 0.477 bits per heavy atom. The Bertz CT molecular complexity index is 2990. The number of hydrogen-bond donors (Lipinski definition) is 0. The van der Waals surface area contributed by atoms with Gasteiger partial charge in [0, 0.05) is 22.5 Å². The maximum absolute atomic E-state index is 6.55. The number of hydrogen-bond acceptors (Lipinski definition) is 2. The van der Waals surface area contributed by atoms with Crippen LogP contribution in [-0.2, 0) is 17.4 Å². The predicted molar refractivity (Wildman–Crippen MR) is 273 cm³/mol. The van der Waals surface area contributed by atoms with E-state index in [1.54, 1.807) is 0 Å². The summed E-state index contributed by atoms with van der Waals surface area (Å²) >= 11 is 0. The fourth-order valence-corrected chi connectivity index (χ4v) is 11.4. The van der Waals surface area contributed by atoms with Crippen molar-refractivity contribution < 1.29 is 4.74 Å². The van der Waals surface area contributed by atoms with Crippen LogP contribution in [0.1, 0.15) is 110 Å². The van der Waals surface area contributed by atoms with E-state index in [0.29, 0.717) is 24.4 Å². The van der Waals surface area contributed by atoms with Gasteiger partial charge in [-0.1, -0.05) is 186 Å². The van der Waals surface area contributed by atoms with E-state index in [-0.39, 0.29) is 5.41 Å². The van der Waals surface area contributed by atoms with E-state index in [4.69, 9.17) is 4.74 Å². The van der Waals surface area contributed by atoms with Crippen LogP contribution in [0, 0.1) is 25.7 Å². The quantitative estimate of drug-likeness (QED) is 0.121. The zero-order valence-corrected chi connectivity index (χ0v) is 39.3. The average molecular weight is 848 g/mol. The zero-order chi connectivity index (χ0) is 45.0. The van der Waals surface area contributed by atoms with Crippen molar-refractivity contribution in [3.8, 4) is 28.0 Å². The Kier molecular flexibility index (Phi) is 10.9. The Morgan fingerprint density at radius 3 is 1.66 bits per heavy atom. The van der Waals surface area contributed by atoms with Crippen LogP contribution in [-0.4, -0.2) is 0 Å². The van der Waals surface area contributed by atoms with Crippen molar-refractivity contribution in [3.63, 3.8) is 0 Å². The van der Waals surface area contributed by atoms with Gasteiger partial charge in [0.05, 0.1) is 5.41 Å². The SMILES string of the molecule is Cc1cc(C)cc(C2(c3ccc(OCc4ccc(C(CC(C)C)C(C)C)cc4)cc3)c3ccccc3-c3ccc(N(c4ccccc4)c4ccc5c(c4)C(C)(C)c4ccccc4-5)cc32)c1. The van der Waals surface area contributed by atoms with Gasteiger partial charge in [0.1, 0.15) is 12.4 Å². The average Bonchev–Trinajstić information content (AvgIpc) is 3.73. The number of nitrogens with zero attached hydrogens (tertiary/aromatic N) is 1. The molecule has 8 aromatic carbocycles. The maximum Gasteiger partial charge on any atom is 0.119 e. The van der Waals surface area contributed by atoms with Crippen molar-refractivity contribution in [2.24, 2.45) is 11.8 Å². The molecule has 0 saturated heterocycles. The van der Waals surface area contributed by atoms with Gasteiger partial charge in [0.2, 0.25) is 0 Å². The van der Waals surface area contributed by atoms with E-state index in [9.17, 15) is 0 Å². The van der Waals surface area contributed by atoms with E-state index < -0.39 is 5.41 Å². The molecule has 0 spiro atoms. The third-order valence-electron chi connectivity index (χ3n) is 14.4. The topological polar surface area (TPSA) is 12.5 Å². The van der Waals surface area contributed by atoms with Crippen LogP contribution in [0.15, 0.2) is 182 Å². The van der Waals surface area contributed by atoms with Crippen molar-refractivity contribution in [1.29, 1.82) is 0 Å². The first-order valence-corrected chi connectivity index (χ1v) is 23.7. The van der Waals surface area contributed by atoms with Crippen LogP contribution in [0.4, 0.5) is 17.1 Å². The summed E-state index contributed by atoms with van der Waals surface area (Å²) in [6.45, 7) is 19.0. The van der Waals surface area contributed by atoms with Crippen molar-refractivity contribution in [1.82, 2.24) is 0 Å². The molecule has 2 atom stereocenters. The third-order valence-corrected chi connectivity index (χ3v) is 14.4. The predicted octanol–water partition coefficient (Wildman–Crippen LogP) is 16.8. The van der Waals surface area contributed by atoms with Gasteiger partial charge in [-0.25, -0.2) is 0 Å². The summed E-state index contributed by atoms with van der Waals surface area (Å²) in [5.74, 6) is 2.71. The van der Waals surface area contributed by atoms with E-state index in [1.807, 2.05) is 0 Å². The molecule has 0 radical (unpaired) electrons. The van der Waals surface area contributed by atoms with E-state index in [0.717, 1.165) is 22.8 Å². The van der Waals surface area contributed by atoms with Crippen LogP contribution >= 0.6 is 0 Å². The van der Waals surface area contributed by atoms with Gasteiger partial charge in [0.15, 0.2) is 0 Å². The zero-order valence-electron chi connectivity index (χ0n) is 39.3. The van der Waals surface area contributed by atoms with Crippen LogP contribution < -0.4 is 9.64 Å². The van der Waals surface area contributed by atoms with E-state index in [2.05, 4.69) is 242 Å². The molecule has 10 rings (SSSR count). The summed E-state index contributed by atoms with van der Waals surface area (Å²) < 4.78 is 6.55. The highest BCUT2D eigenvalue weighted by atomic mass is 16.5. The van der Waals surface area contributed by atoms with Crippen molar-refractivity contribution >= 4 is 17.1 Å². The smallest absolute Gasteiger partial charge is 0.119 e. The number of ether oxygens (including phenoxy) is 1. The lowest BCUT2D eigenvalue weighted by molar-refractivity contribution is 0.306. The van der Waals surface area contributed by atoms with Crippen LogP contribution in [0.5, 0.6) is 5.75 Å². The molecule has 2 unspecified atom stereocenters. The minimum absolute atomic E-state index is 0.118. The van der Waals surface area contributed by atoms with Crippen LogP contribution in [0.2, 0.25) is 0 Å². The van der Waals surface area contributed by atoms with Crippen molar-refractivity contribution in [3.05, 3.63) is 238 Å². The van der Waals surface area contributed by atoms with Crippen molar-refractivity contribution in [2.45, 2.75) is 85.2 Å². The third kappa shape index (κ3) is 7.38. The molecule has 0 bridgehead atoms. The van der Waals surface area contributed by atoms with E-state index in [1.165, 1.54) is 84.3 Å². The molecule has 0 saturated carbocycles. The molecule has 0 amide bonds. The highest BCUT2D eigenvalue weighted by Gasteiger charge is 2.47. The summed E-state index contributed by atoms with van der Waals surface area (Å²) in [5, 5.41) is 0. The lowest BCUT2D eigenvalue weighted by Crippen LogP contribution is -2.29. The first-order chi connectivity index (χ1) is 31.4. The lowest BCUT2D eigenvalue weighted by atomic mass is 9.67. The molecule has 324 valence electrons. The molecule has 8 aromatic rings. The second kappa shape index (κ2) is 16.7. The monoisotopic (exact) mass is 847 g/mol. The van der Waals surface area contributed by atoms with Gasteiger partial charge in [0.25, 0.3) is 0 Å². The van der Waals surface area contributed by atoms with Gasteiger partial charge in [-0.2, -0.15) is 0 Å². The number of benzene rings is 8. The Labute approximate surface area is 387 Å². The summed E-state index contributed by atoms with van der Waals surface area (Å²) in [5.41, 5.74) is 20.8. The standard InChI is InChI=1S/C63H61NO/c1-41(2)34-57(42(3)4)46-24-22-45(23-25-46)40-65-52-30-26-47(27-31-52)63(48-36-43(5)35-44(6)37-48)59-21-15-13-19-54(59)56-33-29-51(39-61(56)63)64(49-16-10-9-11-17-49)50-28-32-55-53-18-12-14-20-58(53)62(7,8)60(55)38-50/h9-33,35-39,41-42,57H,34,40H2,1-8H3. The molecule has 0 aliphatic heterocycles. The van der Waals surface area contributed by atoms with Gasteiger partial charge in [-0.3, -0.25) is 0 Å². The van der Waals surface area contributed by atoms with Crippen LogP contribution in [0.25, 0.3) is 22.3 Å². The molecule has 2 heteroatoms. The summed E-state index contributed by atoms with van der Waals surface area (Å²) in [4.78, 5) is 2.45. The molecule has 2 aliphatic carbocycles. The van der Waals surface area contributed by atoms with Gasteiger partial charge in [-0.05, 0) is 153 Å².